The summed E-state index contributed by atoms with van der Waals surface area (Å²) in [5, 5.41) is 22.9. The lowest BCUT2D eigenvalue weighted by Crippen LogP contribution is -2.47. The first-order valence-corrected chi connectivity index (χ1v) is 14.7. The van der Waals surface area contributed by atoms with E-state index in [1.165, 1.54) is 14.0 Å². The van der Waals surface area contributed by atoms with Crippen LogP contribution >= 0.6 is 0 Å². The van der Waals surface area contributed by atoms with Gasteiger partial charge in [-0.2, -0.15) is 0 Å². The topological polar surface area (TPSA) is 110 Å². The molecule has 0 saturated heterocycles. The van der Waals surface area contributed by atoms with Crippen molar-refractivity contribution in [3.63, 3.8) is 0 Å². The molecule has 7 nitrogen and oxygen atoms in total. The van der Waals surface area contributed by atoms with Gasteiger partial charge in [0, 0.05) is 30.9 Å². The number of phenols is 2. The number of ether oxygens (including phenoxy) is 2. The zero-order valence-corrected chi connectivity index (χ0v) is 20.9. The van der Waals surface area contributed by atoms with Crippen LogP contribution in [0.15, 0.2) is 24.0 Å². The molecule has 0 amide bonds. The van der Waals surface area contributed by atoms with E-state index in [0.29, 0.717) is 11.3 Å². The quantitative estimate of drug-likeness (QED) is 0.294. The van der Waals surface area contributed by atoms with Gasteiger partial charge in [0.25, 0.3) is 0 Å². The van der Waals surface area contributed by atoms with Crippen LogP contribution in [0.2, 0.25) is 19.6 Å². The van der Waals surface area contributed by atoms with Gasteiger partial charge in [0.2, 0.25) is 0 Å². The number of aromatic hydroxyl groups is 2. The maximum Gasteiger partial charge on any atom is 0.304 e. The van der Waals surface area contributed by atoms with Crippen molar-refractivity contribution in [1.82, 2.24) is 0 Å². The first kappa shape index (κ1) is 23.8. The van der Waals surface area contributed by atoms with E-state index in [2.05, 4.69) is 25.6 Å². The Morgan fingerprint density at radius 2 is 1.82 bits per heavy atom. The molecule has 0 fully saturated rings. The van der Waals surface area contributed by atoms with Crippen molar-refractivity contribution >= 4 is 25.6 Å². The predicted molar refractivity (Wildman–Crippen MR) is 127 cm³/mol. The summed E-state index contributed by atoms with van der Waals surface area (Å²) in [5.41, 5.74) is -1.38. The Kier molecular flexibility index (Phi) is 5.52. The Hall–Kier alpha value is -3.31. The number of rotatable bonds is 3. The second kappa shape index (κ2) is 7.88. The molecule has 0 aliphatic heterocycles. The summed E-state index contributed by atoms with van der Waals surface area (Å²) >= 11 is 0. The molecule has 34 heavy (non-hydrogen) atoms. The number of allylic oxidation sites excluding steroid dienone is 4. The van der Waals surface area contributed by atoms with Crippen LogP contribution in [0.4, 0.5) is 0 Å². The Bertz CT molecular complexity index is 1230. The number of phenolic OH excluding ortho intramolecular Hbond substituents is 2. The lowest BCUT2D eigenvalue weighted by Gasteiger charge is -2.44. The molecule has 0 bridgehead atoms. The fourth-order valence-corrected chi connectivity index (χ4v) is 7.68. The van der Waals surface area contributed by atoms with Gasteiger partial charge in [0.15, 0.2) is 17.2 Å². The molecule has 1 aromatic carbocycles. The summed E-state index contributed by atoms with van der Waals surface area (Å²) in [7, 11) is -0.733. The van der Waals surface area contributed by atoms with Crippen LogP contribution in [0.3, 0.4) is 0 Å². The average molecular weight is 481 g/mol. The SMILES string of the molecule is C#CC1(OC(C)=O)Cc2c(O)c3c(c(O)c2C([Si](C)(C)C)C1)C(=O)C1C(OC)=CC=CC1C3=O. The second-order valence-electron chi connectivity index (χ2n) is 10.3. The van der Waals surface area contributed by atoms with Crippen molar-refractivity contribution in [3.05, 3.63) is 46.2 Å². The highest BCUT2D eigenvalue weighted by atomic mass is 28.3. The van der Waals surface area contributed by atoms with Gasteiger partial charge in [0.1, 0.15) is 17.3 Å². The standard InChI is InChI=1S/C26H28O7Si/c1-7-26(33-13(2)27)11-15-19(17(12-26)34(4,5)6)25(31)21-20(23(15)29)22(28)14-9-8-10-16(32-3)18(14)24(21)30/h1,8-10,14,17-18,29,31H,11-12H2,2-6H3. The van der Waals surface area contributed by atoms with Crippen LogP contribution < -0.4 is 0 Å². The monoisotopic (exact) mass is 480 g/mol. The Morgan fingerprint density at radius 1 is 1.18 bits per heavy atom. The van der Waals surface area contributed by atoms with Crippen LogP contribution in [-0.4, -0.2) is 48.5 Å². The molecule has 0 saturated carbocycles. The third kappa shape index (κ3) is 3.38. The zero-order valence-electron chi connectivity index (χ0n) is 19.9. The number of hydrogen-bond donors (Lipinski definition) is 2. The summed E-state index contributed by atoms with van der Waals surface area (Å²) in [4.78, 5) is 39.1. The molecule has 1 aromatic rings. The average Bonchev–Trinajstić information content (AvgIpc) is 2.77. The zero-order chi connectivity index (χ0) is 25.2. The molecular weight excluding hydrogens is 452 g/mol. The fourth-order valence-electron chi connectivity index (χ4n) is 5.56. The highest BCUT2D eigenvalue weighted by molar-refractivity contribution is 6.77. The molecule has 0 aromatic heterocycles. The number of ketones is 2. The van der Waals surface area contributed by atoms with Crippen molar-refractivity contribution < 1.29 is 34.1 Å². The minimum Gasteiger partial charge on any atom is -0.507 e. The smallest absolute Gasteiger partial charge is 0.304 e. The molecule has 8 heteroatoms. The fraction of sp³-hybridized carbons (Fsp3) is 0.423. The molecule has 2 N–H and O–H groups in total. The minimum absolute atomic E-state index is 0.0688. The number of methoxy groups -OCH3 is 1. The molecular formula is C26H28O7Si. The van der Waals surface area contributed by atoms with Crippen molar-refractivity contribution in [1.29, 1.82) is 0 Å². The van der Waals surface area contributed by atoms with E-state index < -0.39 is 43.0 Å². The number of terminal acetylenes is 1. The first-order chi connectivity index (χ1) is 15.9. The number of carbonyl (C=O) groups excluding carboxylic acids is 3. The van der Waals surface area contributed by atoms with E-state index in [-0.39, 0.29) is 46.6 Å². The summed E-state index contributed by atoms with van der Waals surface area (Å²) in [6, 6.07) is 0. The molecule has 4 atom stereocenters. The molecule has 4 rings (SSSR count). The molecule has 0 radical (unpaired) electrons. The highest BCUT2D eigenvalue weighted by Crippen LogP contribution is 2.54. The van der Waals surface area contributed by atoms with Crippen LogP contribution in [0.1, 0.15) is 50.7 Å². The number of esters is 1. The number of carbonyl (C=O) groups is 3. The van der Waals surface area contributed by atoms with Gasteiger partial charge < -0.3 is 19.7 Å². The third-order valence-corrected chi connectivity index (χ3v) is 9.72. The normalized spacial score (nSPS) is 27.6. The van der Waals surface area contributed by atoms with Gasteiger partial charge in [-0.25, -0.2) is 0 Å². The van der Waals surface area contributed by atoms with E-state index in [1.807, 2.05) is 0 Å². The van der Waals surface area contributed by atoms with Crippen LogP contribution in [0.25, 0.3) is 0 Å². The molecule has 3 aliphatic carbocycles. The number of hydrogen-bond acceptors (Lipinski definition) is 7. The molecule has 4 unspecified atom stereocenters. The molecule has 0 spiro atoms. The van der Waals surface area contributed by atoms with Crippen molar-refractivity contribution in [3.8, 4) is 23.8 Å². The molecule has 3 aliphatic rings. The minimum atomic E-state index is -2.16. The Morgan fingerprint density at radius 3 is 2.38 bits per heavy atom. The molecule has 0 heterocycles. The van der Waals surface area contributed by atoms with Crippen molar-refractivity contribution in [2.75, 3.05) is 7.11 Å². The maximum atomic E-state index is 13.6. The van der Waals surface area contributed by atoms with E-state index in [9.17, 15) is 24.6 Å². The van der Waals surface area contributed by atoms with Crippen molar-refractivity contribution in [2.45, 2.75) is 50.5 Å². The number of benzene rings is 1. The van der Waals surface area contributed by atoms with Gasteiger partial charge in [-0.3, -0.25) is 14.4 Å². The third-order valence-electron chi connectivity index (χ3n) is 7.14. The summed E-state index contributed by atoms with van der Waals surface area (Å²) in [6.07, 6.45) is 10.9. The summed E-state index contributed by atoms with van der Waals surface area (Å²) in [6.45, 7) is 7.47. The van der Waals surface area contributed by atoms with Crippen molar-refractivity contribution in [2.24, 2.45) is 11.8 Å². The first-order valence-electron chi connectivity index (χ1n) is 11.2. The maximum absolute atomic E-state index is 13.6. The second-order valence-corrected chi connectivity index (χ2v) is 15.7. The van der Waals surface area contributed by atoms with Crippen LogP contribution in [0, 0.1) is 24.2 Å². The Labute approximate surface area is 199 Å². The van der Waals surface area contributed by atoms with Gasteiger partial charge in [-0.15, -0.1) is 6.42 Å². The van der Waals surface area contributed by atoms with Crippen LogP contribution in [0.5, 0.6) is 11.5 Å². The summed E-state index contributed by atoms with van der Waals surface area (Å²) < 4.78 is 10.9. The largest absolute Gasteiger partial charge is 0.507 e. The summed E-state index contributed by atoms with van der Waals surface area (Å²) in [5.74, 6) is -1.03. The lowest BCUT2D eigenvalue weighted by atomic mass is 9.68. The highest BCUT2D eigenvalue weighted by Gasteiger charge is 2.52. The van der Waals surface area contributed by atoms with E-state index in [1.54, 1.807) is 18.2 Å². The van der Waals surface area contributed by atoms with Gasteiger partial charge >= 0.3 is 5.97 Å². The van der Waals surface area contributed by atoms with E-state index in [4.69, 9.17) is 15.9 Å². The Balaban J connectivity index is 2.02. The van der Waals surface area contributed by atoms with Crippen LogP contribution in [-0.2, 0) is 20.7 Å². The number of Topliss-reactive ketones (excluding diaryl/α,β-unsaturated/α-hetero) is 2. The van der Waals surface area contributed by atoms with E-state index >= 15 is 0 Å². The number of fused-ring (bicyclic) bond motifs is 3. The van der Waals surface area contributed by atoms with Gasteiger partial charge in [-0.05, 0) is 11.6 Å². The predicted octanol–water partition coefficient (Wildman–Crippen LogP) is 3.65. The van der Waals surface area contributed by atoms with Gasteiger partial charge in [0.05, 0.1) is 38.1 Å². The van der Waals surface area contributed by atoms with E-state index in [0.717, 1.165) is 0 Å². The lowest BCUT2D eigenvalue weighted by molar-refractivity contribution is -0.152. The van der Waals surface area contributed by atoms with Gasteiger partial charge in [-0.1, -0.05) is 37.7 Å². The molecule has 178 valence electrons.